The topological polar surface area (TPSA) is 254 Å². The van der Waals surface area contributed by atoms with Gasteiger partial charge < -0.3 is 68.6 Å². The first-order valence-corrected chi connectivity index (χ1v) is 24.6. The van der Waals surface area contributed by atoms with Gasteiger partial charge in [0.15, 0.2) is 29.6 Å². The molecule has 0 bridgehead atoms. The summed E-state index contributed by atoms with van der Waals surface area (Å²) < 4.78 is 53.4. The molecule has 5 N–H and O–H groups in total. The molecule has 0 unspecified atom stereocenters. The molecule has 4 aliphatic heterocycles. The van der Waals surface area contributed by atoms with Crippen LogP contribution in [0, 0.1) is 23.7 Å². The highest BCUT2D eigenvalue weighted by molar-refractivity contribution is 5.85. The molecule has 4 aliphatic rings. The lowest BCUT2D eigenvalue weighted by Crippen LogP contribution is -2.62. The first-order valence-electron chi connectivity index (χ1n) is 24.6. The fraction of sp³-hybridized carbons (Fsp3) is 0.833. The van der Waals surface area contributed by atoms with Gasteiger partial charge in [0.25, 0.3) is 0 Å². The quantitative estimate of drug-likeness (QED) is 0.157. The Kier molecular flexibility index (Phi) is 17.4. The van der Waals surface area contributed by atoms with Gasteiger partial charge in [-0.05, 0) is 74.9 Å². The Morgan fingerprint density at radius 2 is 1.59 bits per heavy atom. The predicted octanol–water partition coefficient (Wildman–Crippen LogP) is 2.92. The Hall–Kier alpha value is -3.64. The van der Waals surface area contributed by atoms with Crippen LogP contribution in [0.4, 0.5) is 10.6 Å². The molecule has 390 valence electrons. The minimum absolute atomic E-state index is 0.117. The fourth-order valence-electron chi connectivity index (χ4n) is 11.4. The van der Waals surface area contributed by atoms with E-state index in [9.17, 15) is 19.8 Å². The number of aliphatic hydroxyl groups is 2. The van der Waals surface area contributed by atoms with E-state index in [1.807, 2.05) is 58.2 Å². The number of nitrogen functional groups attached to an aromatic ring is 1. The maximum Gasteiger partial charge on any atom is 0.410 e. The van der Waals surface area contributed by atoms with E-state index in [4.69, 9.17) is 43.6 Å². The number of ketones is 1. The van der Waals surface area contributed by atoms with Crippen molar-refractivity contribution in [2.75, 3.05) is 53.7 Å². The summed E-state index contributed by atoms with van der Waals surface area (Å²) in [5.41, 5.74) is 3.31. The first-order chi connectivity index (χ1) is 32.4. The van der Waals surface area contributed by atoms with Crippen molar-refractivity contribution in [3.63, 3.8) is 0 Å². The molecule has 2 aromatic rings. The van der Waals surface area contributed by atoms with Gasteiger partial charge in [-0.15, -0.1) is 0 Å². The molecule has 69 heavy (non-hydrogen) atoms. The third-order valence-electron chi connectivity index (χ3n) is 15.6. The number of amides is 1. The normalized spacial score (nSPS) is 40.7. The van der Waals surface area contributed by atoms with Crippen molar-refractivity contribution in [3.8, 4) is 0 Å². The highest BCUT2D eigenvalue weighted by Crippen LogP contribution is 2.44. The molecule has 6 heterocycles. The number of anilines is 1. The van der Waals surface area contributed by atoms with Crippen LogP contribution in [0.5, 0.6) is 0 Å². The third kappa shape index (κ3) is 11.1. The lowest BCUT2D eigenvalue weighted by molar-refractivity contribution is -0.319. The van der Waals surface area contributed by atoms with Crippen LogP contribution >= 0.6 is 0 Å². The minimum Gasteiger partial charge on any atom is -0.458 e. The van der Waals surface area contributed by atoms with E-state index >= 15 is 4.79 Å². The number of imidazole rings is 1. The summed E-state index contributed by atoms with van der Waals surface area (Å²) in [5, 5.41) is 26.3. The molecule has 4 fully saturated rings. The van der Waals surface area contributed by atoms with Gasteiger partial charge in [0.1, 0.15) is 35.9 Å². The van der Waals surface area contributed by atoms with E-state index < -0.39 is 108 Å². The minimum atomic E-state index is -1.46. The molecule has 4 saturated heterocycles. The van der Waals surface area contributed by atoms with E-state index in [0.717, 1.165) is 0 Å². The van der Waals surface area contributed by atoms with Gasteiger partial charge in [-0.1, -0.05) is 27.7 Å². The van der Waals surface area contributed by atoms with Crippen LogP contribution in [0.25, 0.3) is 11.2 Å². The molecule has 0 aromatic carbocycles. The number of carbonyl (C=O) groups is 3. The lowest BCUT2D eigenvalue weighted by Gasteiger charge is -2.50. The zero-order valence-electron chi connectivity index (χ0n) is 43.1. The average molecular weight is 977 g/mol. The molecule has 0 aliphatic carbocycles. The van der Waals surface area contributed by atoms with Crippen molar-refractivity contribution in [1.82, 2.24) is 34.6 Å². The predicted molar refractivity (Wildman–Crippen MR) is 252 cm³/mol. The number of likely N-dealkylation sites (N-methyl/N-ethyl adjacent to an activating group) is 1. The van der Waals surface area contributed by atoms with Crippen LogP contribution in [0.2, 0.25) is 0 Å². The second-order valence-corrected chi connectivity index (χ2v) is 20.8. The molecule has 21 nitrogen and oxygen atoms in total. The number of fused-ring (bicyclic) bond motifs is 2. The largest absolute Gasteiger partial charge is 0.458 e. The molecule has 0 spiro atoms. The van der Waals surface area contributed by atoms with Gasteiger partial charge in [0.05, 0.1) is 53.9 Å². The van der Waals surface area contributed by atoms with E-state index in [1.54, 1.807) is 53.0 Å². The Morgan fingerprint density at radius 3 is 2.25 bits per heavy atom. The number of hydrogen-bond donors (Lipinski definition) is 4. The van der Waals surface area contributed by atoms with Crippen LogP contribution in [-0.2, 0) is 54.0 Å². The Bertz CT molecular complexity index is 2080. The number of ether oxygens (including phenoxy) is 8. The number of methoxy groups -OCH3 is 2. The SMILES string of the molecule is CC[C@H]1OC(=O)[C@H](C)[C@@H](O[C@H]2C[C@@](C)(OC)[C@@H](O)[C@H](C)O2)[C@H](C)[C@@H](O[C@@H]2O[C@H](C)C[C@H](N(C)C)[C@H]2O)[C@](C)(OC)C[C@@H](C)C(=O)[C@H](C)[C@@H]2N(CCNCCn3cnc4c(N)ncnc43)C(=O)O[C@@]21C. The summed E-state index contributed by atoms with van der Waals surface area (Å²) in [7, 11) is 6.84. The van der Waals surface area contributed by atoms with Gasteiger partial charge in [-0.3, -0.25) is 14.5 Å². The van der Waals surface area contributed by atoms with E-state index in [-0.39, 0.29) is 43.7 Å². The highest BCUT2D eigenvalue weighted by atomic mass is 16.7. The number of cyclic esters (lactones) is 1. The number of hydrogen-bond acceptors (Lipinski definition) is 19. The standard InChI is InChI=1S/C48H80N8O13/c1-15-32-48(10)38(56(45(61)69-48)19-17-50-16-18-55-24-53-34-41(49)51-23-52-42(34)55)27(4)35(57)25(2)21-47(9,63-14)40(68-44-36(58)31(54(11)12)20-26(3)64-44)28(5)37(29(6)43(60)66-32)67-33-22-46(8,62-13)39(59)30(7)65-33/h23-33,36-40,44,50,58-59H,15-22H2,1-14H3,(H2,49,51,52)/t25-,26-,27+,28+,29-,30+,31+,32-,33+,36-,37+,38+,39+,40-,44+,46-,47-,48-/m1/s1. The molecule has 0 radical (unpaired) electrons. The molecule has 0 saturated carbocycles. The van der Waals surface area contributed by atoms with Crippen LogP contribution in [0.1, 0.15) is 94.9 Å². The molecule has 2 aromatic heterocycles. The number of esters is 1. The van der Waals surface area contributed by atoms with Crippen LogP contribution < -0.4 is 11.1 Å². The van der Waals surface area contributed by atoms with Crippen molar-refractivity contribution in [3.05, 3.63) is 12.7 Å². The molecule has 21 heteroatoms. The van der Waals surface area contributed by atoms with Crippen LogP contribution in [0.3, 0.4) is 0 Å². The van der Waals surface area contributed by atoms with Gasteiger partial charge in [-0.2, -0.15) is 0 Å². The number of nitrogens with zero attached hydrogens (tertiary/aromatic N) is 6. The van der Waals surface area contributed by atoms with E-state index in [0.29, 0.717) is 43.0 Å². The highest BCUT2D eigenvalue weighted by Gasteiger charge is 2.61. The van der Waals surface area contributed by atoms with Crippen LogP contribution in [-0.4, -0.2) is 190 Å². The van der Waals surface area contributed by atoms with Crippen LogP contribution in [0.15, 0.2) is 12.7 Å². The third-order valence-corrected chi connectivity index (χ3v) is 15.6. The molecular formula is C48H80N8O13. The number of nitrogens with one attached hydrogen (secondary N) is 1. The fourth-order valence-corrected chi connectivity index (χ4v) is 11.4. The van der Waals surface area contributed by atoms with Gasteiger partial charge in [-0.25, -0.2) is 19.7 Å². The lowest BCUT2D eigenvalue weighted by atomic mass is 9.73. The second-order valence-electron chi connectivity index (χ2n) is 20.8. The molecule has 18 atom stereocenters. The van der Waals surface area contributed by atoms with Crippen molar-refractivity contribution in [2.24, 2.45) is 23.7 Å². The zero-order chi connectivity index (χ0) is 50.9. The zero-order valence-corrected chi connectivity index (χ0v) is 43.1. The van der Waals surface area contributed by atoms with E-state index in [1.165, 1.54) is 13.4 Å². The van der Waals surface area contributed by atoms with E-state index in [2.05, 4.69) is 20.3 Å². The molecular weight excluding hydrogens is 897 g/mol. The van der Waals surface area contributed by atoms with Gasteiger partial charge in [0, 0.05) is 70.6 Å². The Labute approximate surface area is 406 Å². The van der Waals surface area contributed by atoms with Crippen molar-refractivity contribution < 1.29 is 62.5 Å². The maximum atomic E-state index is 15.1. The molecule has 1 amide bonds. The summed E-state index contributed by atoms with van der Waals surface area (Å²) in [4.78, 5) is 60.3. The average Bonchev–Trinajstić information content (AvgIpc) is 3.84. The molecule has 6 rings (SSSR count). The number of carbonyl (C=O) groups excluding carboxylic acids is 3. The van der Waals surface area contributed by atoms with Crippen molar-refractivity contribution in [1.29, 1.82) is 0 Å². The summed E-state index contributed by atoms with van der Waals surface area (Å²) in [6.45, 7) is 19.6. The smallest absolute Gasteiger partial charge is 0.410 e. The Morgan fingerprint density at radius 1 is 0.913 bits per heavy atom. The summed E-state index contributed by atoms with van der Waals surface area (Å²) in [5.74, 6) is -3.75. The summed E-state index contributed by atoms with van der Waals surface area (Å²) >= 11 is 0. The van der Waals surface area contributed by atoms with Gasteiger partial charge in [0.2, 0.25) is 0 Å². The number of Topliss-reactive ketones (excluding diaryl/α,β-unsaturated/α-hetero) is 1. The second kappa shape index (κ2) is 22.0. The number of aromatic nitrogens is 4. The maximum absolute atomic E-state index is 15.1. The Balaban J connectivity index is 1.36. The summed E-state index contributed by atoms with van der Waals surface area (Å²) in [6.07, 6.45) is -4.67. The van der Waals surface area contributed by atoms with Gasteiger partial charge >= 0.3 is 12.1 Å². The summed E-state index contributed by atoms with van der Waals surface area (Å²) in [6, 6.07) is -1.16. The number of aliphatic hydroxyl groups excluding tert-OH is 2. The first kappa shape index (κ1) is 54.7. The number of nitrogens with two attached hydrogens (primary N) is 1. The van der Waals surface area contributed by atoms with Crippen molar-refractivity contribution in [2.45, 2.75) is 186 Å². The number of rotatable bonds is 14. The monoisotopic (exact) mass is 977 g/mol. The van der Waals surface area contributed by atoms with Crippen molar-refractivity contribution >= 4 is 34.8 Å².